The third-order valence-corrected chi connectivity index (χ3v) is 8.45. The van der Waals surface area contributed by atoms with E-state index in [1.165, 1.54) is 0 Å². The quantitative estimate of drug-likeness (QED) is 0.197. The molecule has 1 aliphatic rings. The van der Waals surface area contributed by atoms with Gasteiger partial charge in [-0.15, -0.1) is 0 Å². The summed E-state index contributed by atoms with van der Waals surface area (Å²) in [5.74, 6) is -1.15. The first-order valence-corrected chi connectivity index (χ1v) is 15.5. The Labute approximate surface area is 259 Å². The number of hydrogen-bond acceptors (Lipinski definition) is 6. The Morgan fingerprint density at radius 2 is 1.81 bits per heavy atom. The van der Waals surface area contributed by atoms with E-state index >= 15 is 0 Å². The van der Waals surface area contributed by atoms with Crippen molar-refractivity contribution in [2.45, 2.75) is 70.4 Å². The largest absolute Gasteiger partial charge is 0.492 e. The summed E-state index contributed by atoms with van der Waals surface area (Å²) in [7, 11) is 2.09. The Hall–Kier alpha value is -3.46. The Balaban J connectivity index is 1.69. The summed E-state index contributed by atoms with van der Waals surface area (Å²) in [6.07, 6.45) is 3.10. The fourth-order valence-electron chi connectivity index (χ4n) is 5.65. The highest BCUT2D eigenvalue weighted by Crippen LogP contribution is 2.37. The molecule has 0 atom stereocenters. The Kier molecular flexibility index (Phi) is 11.2. The maximum Gasteiger partial charge on any atom is 0.329 e. The van der Waals surface area contributed by atoms with Crippen LogP contribution < -0.4 is 10.1 Å². The van der Waals surface area contributed by atoms with E-state index < -0.39 is 23.5 Å². The SMILES string of the molecule is CCCN(C)CCCOc1cc(-c2nc(C(=O)NC3(C(=O)O)CCC(O)CC3)ccc2-c2ccccc2CC)ccc1Cl. The minimum Gasteiger partial charge on any atom is -0.492 e. The van der Waals surface area contributed by atoms with Gasteiger partial charge in [0.05, 0.1) is 23.4 Å². The number of carboxylic acid groups (broad SMARTS) is 1. The molecule has 9 heteroatoms. The Morgan fingerprint density at radius 3 is 2.51 bits per heavy atom. The Morgan fingerprint density at radius 1 is 1.07 bits per heavy atom. The van der Waals surface area contributed by atoms with Crippen LogP contribution in [0.2, 0.25) is 5.02 Å². The van der Waals surface area contributed by atoms with E-state index in [-0.39, 0.29) is 18.5 Å². The zero-order valence-electron chi connectivity index (χ0n) is 25.2. The second kappa shape index (κ2) is 14.8. The van der Waals surface area contributed by atoms with Crippen molar-refractivity contribution < 1.29 is 24.5 Å². The van der Waals surface area contributed by atoms with Crippen molar-refractivity contribution in [2.24, 2.45) is 0 Å². The lowest BCUT2D eigenvalue weighted by Gasteiger charge is -2.35. The number of hydrogen-bond donors (Lipinski definition) is 3. The molecule has 2 aromatic carbocycles. The Bertz CT molecular complexity index is 1420. The molecule has 0 unspecified atom stereocenters. The number of ether oxygens (including phenoxy) is 1. The molecule has 4 rings (SSSR count). The third-order valence-electron chi connectivity index (χ3n) is 8.14. The number of benzene rings is 2. The number of halogens is 1. The molecule has 1 saturated carbocycles. The molecule has 43 heavy (non-hydrogen) atoms. The van der Waals surface area contributed by atoms with E-state index in [1.807, 2.05) is 36.4 Å². The van der Waals surface area contributed by atoms with Gasteiger partial charge in [-0.3, -0.25) is 4.79 Å². The first-order chi connectivity index (χ1) is 20.7. The number of amides is 1. The molecule has 1 heterocycles. The maximum absolute atomic E-state index is 13.5. The monoisotopic (exact) mass is 607 g/mol. The number of aryl methyl sites for hydroxylation is 1. The van der Waals surface area contributed by atoms with Gasteiger partial charge in [-0.2, -0.15) is 0 Å². The number of carbonyl (C=O) groups excluding carboxylic acids is 1. The molecule has 8 nitrogen and oxygen atoms in total. The minimum absolute atomic E-state index is 0.107. The van der Waals surface area contributed by atoms with E-state index in [1.54, 1.807) is 12.1 Å². The van der Waals surface area contributed by atoms with Gasteiger partial charge in [0, 0.05) is 17.7 Å². The molecule has 0 radical (unpaired) electrons. The standard InChI is InChI=1S/C34H42ClN3O5/c1-4-19-38(3)20-8-21-43-30-22-24(11-13-28(30)35)31-27(26-10-7-6-9-23(26)5-2)12-14-29(36-31)32(40)37-34(33(41)42)17-15-25(39)16-18-34/h6-7,9-14,22,25,39H,4-5,8,15-21H2,1-3H3,(H,37,40)(H,41,42). The van der Waals surface area contributed by atoms with E-state index in [9.17, 15) is 19.8 Å². The summed E-state index contributed by atoms with van der Waals surface area (Å²) in [4.78, 5) is 32.8. The van der Waals surface area contributed by atoms with Crippen molar-refractivity contribution >= 4 is 23.5 Å². The van der Waals surface area contributed by atoms with Gasteiger partial charge in [-0.25, -0.2) is 9.78 Å². The highest BCUT2D eigenvalue weighted by Gasteiger charge is 2.43. The van der Waals surface area contributed by atoms with E-state index in [2.05, 4.69) is 37.2 Å². The van der Waals surface area contributed by atoms with Crippen LogP contribution in [0, 0.1) is 0 Å². The molecular formula is C34H42ClN3O5. The van der Waals surface area contributed by atoms with E-state index in [4.69, 9.17) is 21.3 Å². The molecule has 0 spiro atoms. The number of nitrogens with zero attached hydrogens (tertiary/aromatic N) is 2. The highest BCUT2D eigenvalue weighted by molar-refractivity contribution is 6.32. The van der Waals surface area contributed by atoms with Crippen molar-refractivity contribution in [3.63, 3.8) is 0 Å². The minimum atomic E-state index is -1.45. The van der Waals surface area contributed by atoms with Gasteiger partial charge < -0.3 is 25.2 Å². The summed E-state index contributed by atoms with van der Waals surface area (Å²) in [5.41, 5.74) is 2.94. The maximum atomic E-state index is 13.5. The average Bonchev–Trinajstić information content (AvgIpc) is 3.01. The summed E-state index contributed by atoms with van der Waals surface area (Å²) in [6, 6.07) is 17.0. The lowest BCUT2D eigenvalue weighted by molar-refractivity contribution is -0.146. The molecule has 0 saturated heterocycles. The van der Waals surface area contributed by atoms with Crippen LogP contribution in [-0.4, -0.2) is 70.4 Å². The second-order valence-corrected chi connectivity index (χ2v) is 11.7. The molecule has 0 bridgehead atoms. The number of pyridine rings is 1. The molecule has 1 fully saturated rings. The van der Waals surface area contributed by atoms with Crippen molar-refractivity contribution in [2.75, 3.05) is 26.7 Å². The molecule has 230 valence electrons. The van der Waals surface area contributed by atoms with Crippen molar-refractivity contribution in [3.05, 3.63) is 70.9 Å². The number of rotatable bonds is 13. The zero-order valence-corrected chi connectivity index (χ0v) is 26.0. The summed E-state index contributed by atoms with van der Waals surface area (Å²) >= 11 is 6.53. The molecule has 1 aromatic heterocycles. The lowest BCUT2D eigenvalue weighted by Crippen LogP contribution is -2.57. The van der Waals surface area contributed by atoms with Crippen LogP contribution in [0.3, 0.4) is 0 Å². The van der Waals surface area contributed by atoms with Gasteiger partial charge >= 0.3 is 5.97 Å². The summed E-state index contributed by atoms with van der Waals surface area (Å²) in [6.45, 7) is 6.70. The number of carbonyl (C=O) groups is 2. The highest BCUT2D eigenvalue weighted by atomic mass is 35.5. The third kappa shape index (κ3) is 7.93. The summed E-state index contributed by atoms with van der Waals surface area (Å²) < 4.78 is 6.09. The van der Waals surface area contributed by atoms with Crippen molar-refractivity contribution in [1.29, 1.82) is 0 Å². The normalized spacial score (nSPS) is 18.4. The molecule has 3 aromatic rings. The first kappa shape index (κ1) is 32.5. The topological polar surface area (TPSA) is 112 Å². The van der Waals surface area contributed by atoms with E-state index in [0.29, 0.717) is 35.9 Å². The van der Waals surface area contributed by atoms with Crippen LogP contribution >= 0.6 is 11.6 Å². The van der Waals surface area contributed by atoms with Crippen LogP contribution in [0.5, 0.6) is 5.75 Å². The van der Waals surface area contributed by atoms with Gasteiger partial charge in [0.1, 0.15) is 17.0 Å². The van der Waals surface area contributed by atoms with Gasteiger partial charge in [0.15, 0.2) is 0 Å². The lowest BCUT2D eigenvalue weighted by atomic mass is 9.80. The van der Waals surface area contributed by atoms with Crippen LogP contribution in [0.4, 0.5) is 0 Å². The number of aromatic nitrogens is 1. The number of aliphatic carboxylic acids is 1. The molecule has 1 amide bonds. The predicted octanol–water partition coefficient (Wildman–Crippen LogP) is 6.23. The van der Waals surface area contributed by atoms with Gasteiger partial charge in [-0.05, 0) is 93.9 Å². The van der Waals surface area contributed by atoms with E-state index in [0.717, 1.165) is 54.6 Å². The number of nitrogens with one attached hydrogen (secondary N) is 1. The zero-order chi connectivity index (χ0) is 31.0. The number of aliphatic hydroxyl groups is 1. The van der Waals surface area contributed by atoms with Crippen LogP contribution in [-0.2, 0) is 11.2 Å². The van der Waals surface area contributed by atoms with Gasteiger partial charge in [0.2, 0.25) is 0 Å². The number of aliphatic hydroxyl groups excluding tert-OH is 1. The molecular weight excluding hydrogens is 566 g/mol. The van der Waals surface area contributed by atoms with Gasteiger partial charge in [0.25, 0.3) is 5.91 Å². The molecule has 1 aliphatic carbocycles. The average molecular weight is 608 g/mol. The first-order valence-electron chi connectivity index (χ1n) is 15.1. The number of carboxylic acids is 1. The van der Waals surface area contributed by atoms with Gasteiger partial charge in [-0.1, -0.05) is 55.8 Å². The predicted molar refractivity (Wildman–Crippen MR) is 170 cm³/mol. The van der Waals surface area contributed by atoms with Crippen LogP contribution in [0.25, 0.3) is 22.4 Å². The van der Waals surface area contributed by atoms with Crippen molar-refractivity contribution in [3.8, 4) is 28.1 Å². The molecule has 3 N–H and O–H groups in total. The fourth-order valence-corrected chi connectivity index (χ4v) is 5.83. The smallest absolute Gasteiger partial charge is 0.329 e. The van der Waals surface area contributed by atoms with Crippen LogP contribution in [0.1, 0.15) is 68.4 Å². The van der Waals surface area contributed by atoms with Crippen molar-refractivity contribution in [1.82, 2.24) is 15.2 Å². The fraction of sp³-hybridized carbons (Fsp3) is 0.441. The molecule has 0 aliphatic heterocycles. The van der Waals surface area contributed by atoms with Crippen LogP contribution in [0.15, 0.2) is 54.6 Å². The second-order valence-electron chi connectivity index (χ2n) is 11.3. The summed E-state index contributed by atoms with van der Waals surface area (Å²) in [5, 5.41) is 23.2.